The van der Waals surface area contributed by atoms with Crippen LogP contribution >= 0.6 is 12.4 Å². The molecule has 1 atom stereocenters. The summed E-state index contributed by atoms with van der Waals surface area (Å²) in [6, 6.07) is -0.211. The topological polar surface area (TPSA) is 72.3 Å². The Bertz CT molecular complexity index is 397. The van der Waals surface area contributed by atoms with Crippen LogP contribution in [0.5, 0.6) is 5.75 Å². The van der Waals surface area contributed by atoms with Gasteiger partial charge in [0.2, 0.25) is 0 Å². The number of phenolic OH excluding ortho intramolecular Hbond substituents is 1. The minimum atomic E-state index is -4.71. The second-order valence-electron chi connectivity index (χ2n) is 3.20. The molecule has 17 heavy (non-hydrogen) atoms. The third-order valence-electron chi connectivity index (χ3n) is 2.10. The van der Waals surface area contributed by atoms with Gasteiger partial charge in [-0.3, -0.25) is 0 Å². The van der Waals surface area contributed by atoms with Gasteiger partial charge in [0.25, 0.3) is 0 Å². The Balaban J connectivity index is 0.00000256. The van der Waals surface area contributed by atoms with Crippen LogP contribution in [0.4, 0.5) is 17.6 Å². The number of halogens is 5. The van der Waals surface area contributed by atoms with Crippen LogP contribution in [0.1, 0.15) is 17.2 Å². The first kappa shape index (κ1) is 16.0. The highest BCUT2D eigenvalue weighted by Crippen LogP contribution is 2.39. The lowest BCUT2D eigenvalue weighted by Gasteiger charge is -2.18. The van der Waals surface area contributed by atoms with E-state index >= 15 is 0 Å². The maximum absolute atomic E-state index is 12.9. The molecular weight excluding hydrogens is 264 g/mol. The third kappa shape index (κ3) is 3.21. The lowest BCUT2D eigenvalue weighted by Crippen LogP contribution is -2.24. The van der Waals surface area contributed by atoms with Crippen molar-refractivity contribution in [2.24, 2.45) is 11.5 Å². The van der Waals surface area contributed by atoms with E-state index in [1.807, 2.05) is 0 Å². The normalized spacial score (nSPS) is 13.1. The second-order valence-corrected chi connectivity index (χ2v) is 3.20. The molecule has 0 heterocycles. The Hall–Kier alpha value is -1.05. The van der Waals surface area contributed by atoms with Crippen molar-refractivity contribution in [1.29, 1.82) is 0 Å². The predicted molar refractivity (Wildman–Crippen MR) is 56.3 cm³/mol. The lowest BCUT2D eigenvalue weighted by atomic mass is 9.99. The van der Waals surface area contributed by atoms with Gasteiger partial charge in [-0.25, -0.2) is 4.39 Å². The smallest absolute Gasteiger partial charge is 0.416 e. The highest BCUT2D eigenvalue weighted by atomic mass is 35.5. The SMILES string of the molecule is Cl.NC[C@H](N)c1c(C(F)(F)F)ccc(F)c1O. The Labute approximate surface area is 101 Å². The molecule has 0 unspecified atom stereocenters. The molecule has 0 saturated heterocycles. The van der Waals surface area contributed by atoms with Crippen molar-refractivity contribution in [3.8, 4) is 5.75 Å². The van der Waals surface area contributed by atoms with Crippen LogP contribution in [0.3, 0.4) is 0 Å². The molecule has 0 fully saturated rings. The molecule has 0 aromatic heterocycles. The summed E-state index contributed by atoms with van der Waals surface area (Å²) < 4.78 is 50.5. The molecule has 3 nitrogen and oxygen atoms in total. The first-order chi connectivity index (χ1) is 7.29. The maximum atomic E-state index is 12.9. The maximum Gasteiger partial charge on any atom is 0.416 e. The van der Waals surface area contributed by atoms with Crippen molar-refractivity contribution in [2.45, 2.75) is 12.2 Å². The van der Waals surface area contributed by atoms with Crippen LogP contribution in [0.25, 0.3) is 0 Å². The number of alkyl halides is 3. The van der Waals surface area contributed by atoms with Gasteiger partial charge in [-0.1, -0.05) is 0 Å². The Morgan fingerprint density at radius 1 is 1.29 bits per heavy atom. The zero-order valence-corrected chi connectivity index (χ0v) is 9.28. The van der Waals surface area contributed by atoms with E-state index in [0.29, 0.717) is 12.1 Å². The van der Waals surface area contributed by atoms with Crippen molar-refractivity contribution in [1.82, 2.24) is 0 Å². The van der Waals surface area contributed by atoms with Gasteiger partial charge in [0.05, 0.1) is 5.56 Å². The summed E-state index contributed by atoms with van der Waals surface area (Å²) in [5.74, 6) is -2.26. The Kier molecular flexibility index (Phi) is 5.18. The van der Waals surface area contributed by atoms with Crippen LogP contribution in [0.2, 0.25) is 0 Å². The summed E-state index contributed by atoms with van der Waals surface area (Å²) >= 11 is 0. The van der Waals surface area contributed by atoms with Crippen molar-refractivity contribution < 1.29 is 22.7 Å². The molecule has 0 radical (unpaired) electrons. The number of nitrogens with two attached hydrogens (primary N) is 2. The molecule has 0 amide bonds. The lowest BCUT2D eigenvalue weighted by molar-refractivity contribution is -0.138. The highest BCUT2D eigenvalue weighted by Gasteiger charge is 2.36. The van der Waals surface area contributed by atoms with Gasteiger partial charge in [0.15, 0.2) is 11.6 Å². The average molecular weight is 275 g/mol. The Morgan fingerprint density at radius 3 is 2.24 bits per heavy atom. The number of aromatic hydroxyl groups is 1. The van der Waals surface area contributed by atoms with Gasteiger partial charge in [-0.2, -0.15) is 13.2 Å². The van der Waals surface area contributed by atoms with Crippen LogP contribution in [0.15, 0.2) is 12.1 Å². The molecule has 0 aliphatic rings. The van der Waals surface area contributed by atoms with Crippen molar-refractivity contribution >= 4 is 12.4 Å². The molecule has 5 N–H and O–H groups in total. The fourth-order valence-corrected chi connectivity index (χ4v) is 1.32. The molecule has 1 aromatic carbocycles. The molecule has 1 aromatic rings. The summed E-state index contributed by atoms with van der Waals surface area (Å²) in [5.41, 5.74) is 8.53. The number of benzene rings is 1. The molecule has 98 valence electrons. The summed E-state index contributed by atoms with van der Waals surface area (Å²) in [6.45, 7) is -0.333. The zero-order chi connectivity index (χ0) is 12.5. The number of phenols is 1. The molecule has 0 spiro atoms. The molecule has 0 bridgehead atoms. The minimum absolute atomic E-state index is 0. The summed E-state index contributed by atoms with van der Waals surface area (Å²) in [5, 5.41) is 9.23. The number of hydrogen-bond donors (Lipinski definition) is 3. The standard InChI is InChI=1S/C9H10F4N2O.ClH/c10-5-2-1-4(9(11,12)13)7(8(5)16)6(15)3-14;/h1-2,6,16H,3,14-15H2;1H/t6-;/m0./s1. The molecule has 0 aliphatic carbocycles. The van der Waals surface area contributed by atoms with Crippen molar-refractivity contribution in [3.63, 3.8) is 0 Å². The predicted octanol–water partition coefficient (Wildman–Crippen LogP) is 1.93. The fraction of sp³-hybridized carbons (Fsp3) is 0.333. The second kappa shape index (κ2) is 5.52. The summed E-state index contributed by atoms with van der Waals surface area (Å²) in [7, 11) is 0. The quantitative estimate of drug-likeness (QED) is 0.722. The Morgan fingerprint density at radius 2 is 1.82 bits per heavy atom. The van der Waals surface area contributed by atoms with E-state index in [1.165, 1.54) is 0 Å². The van der Waals surface area contributed by atoms with Gasteiger partial charge < -0.3 is 16.6 Å². The van der Waals surface area contributed by atoms with E-state index < -0.39 is 34.9 Å². The fourth-order valence-electron chi connectivity index (χ4n) is 1.32. The largest absolute Gasteiger partial charge is 0.505 e. The van der Waals surface area contributed by atoms with Crippen LogP contribution < -0.4 is 11.5 Å². The van der Waals surface area contributed by atoms with E-state index in [1.54, 1.807) is 0 Å². The van der Waals surface area contributed by atoms with E-state index in [0.717, 1.165) is 0 Å². The van der Waals surface area contributed by atoms with E-state index in [2.05, 4.69) is 0 Å². The van der Waals surface area contributed by atoms with Gasteiger partial charge in [-0.15, -0.1) is 12.4 Å². The van der Waals surface area contributed by atoms with Crippen LogP contribution in [-0.4, -0.2) is 11.7 Å². The number of hydrogen-bond acceptors (Lipinski definition) is 3. The molecule has 0 aliphatic heterocycles. The average Bonchev–Trinajstić information content (AvgIpc) is 2.19. The molecule has 1 rings (SSSR count). The monoisotopic (exact) mass is 274 g/mol. The van der Waals surface area contributed by atoms with Gasteiger partial charge in [-0.05, 0) is 12.1 Å². The summed E-state index contributed by atoms with van der Waals surface area (Å²) in [4.78, 5) is 0. The molecule has 8 heteroatoms. The first-order valence-electron chi connectivity index (χ1n) is 4.33. The molecular formula is C9H11ClF4N2O. The minimum Gasteiger partial charge on any atom is -0.505 e. The highest BCUT2D eigenvalue weighted by molar-refractivity contribution is 5.85. The zero-order valence-electron chi connectivity index (χ0n) is 8.46. The molecule has 0 saturated carbocycles. The summed E-state index contributed by atoms with van der Waals surface area (Å²) in [6.07, 6.45) is -4.71. The van der Waals surface area contributed by atoms with Crippen molar-refractivity contribution in [2.75, 3.05) is 6.54 Å². The van der Waals surface area contributed by atoms with Gasteiger partial charge in [0, 0.05) is 18.2 Å². The van der Waals surface area contributed by atoms with Crippen LogP contribution in [-0.2, 0) is 6.18 Å². The third-order valence-corrected chi connectivity index (χ3v) is 2.10. The number of rotatable bonds is 2. The van der Waals surface area contributed by atoms with Gasteiger partial charge >= 0.3 is 6.18 Å². The van der Waals surface area contributed by atoms with E-state index in [-0.39, 0.29) is 19.0 Å². The van der Waals surface area contributed by atoms with E-state index in [4.69, 9.17) is 11.5 Å². The van der Waals surface area contributed by atoms with Gasteiger partial charge in [0.1, 0.15) is 0 Å². The van der Waals surface area contributed by atoms with E-state index in [9.17, 15) is 22.7 Å². The first-order valence-corrected chi connectivity index (χ1v) is 4.33. The van der Waals surface area contributed by atoms with Crippen molar-refractivity contribution in [3.05, 3.63) is 29.1 Å². The van der Waals surface area contributed by atoms with Crippen LogP contribution in [0, 0.1) is 5.82 Å².